The summed E-state index contributed by atoms with van der Waals surface area (Å²) in [7, 11) is 0. The number of hydrogen-bond acceptors (Lipinski definition) is 6. The summed E-state index contributed by atoms with van der Waals surface area (Å²) < 4.78 is 7.07. The molecule has 0 aliphatic rings. The number of nitrogens with zero attached hydrogens (tertiary/aromatic N) is 5. The van der Waals surface area contributed by atoms with E-state index in [9.17, 15) is 4.79 Å². The van der Waals surface area contributed by atoms with Crippen molar-refractivity contribution in [1.82, 2.24) is 30.0 Å². The maximum Gasteiger partial charge on any atom is 0.271 e. The van der Waals surface area contributed by atoms with E-state index in [1.54, 1.807) is 35.2 Å². The van der Waals surface area contributed by atoms with Gasteiger partial charge in [-0.1, -0.05) is 55.7 Å². The Labute approximate surface area is 184 Å². The van der Waals surface area contributed by atoms with E-state index in [0.29, 0.717) is 29.1 Å². The molecule has 158 valence electrons. The van der Waals surface area contributed by atoms with Crippen LogP contribution < -0.4 is 5.32 Å². The SMILES string of the molecule is CC(C)(C)c1noc(-c2ccnc(-n3cnc(C(=O)NCc4ccccc4Cl)c3)c2)n1. The van der Waals surface area contributed by atoms with Crippen molar-refractivity contribution in [2.75, 3.05) is 0 Å². The minimum absolute atomic E-state index is 0.214. The molecule has 0 bridgehead atoms. The van der Waals surface area contributed by atoms with E-state index in [4.69, 9.17) is 16.1 Å². The number of rotatable bonds is 5. The van der Waals surface area contributed by atoms with Gasteiger partial charge in [-0.15, -0.1) is 0 Å². The fraction of sp³-hybridized carbons (Fsp3) is 0.227. The van der Waals surface area contributed by atoms with Crippen LogP contribution in [0.1, 0.15) is 42.6 Å². The molecule has 3 aromatic heterocycles. The Morgan fingerprint density at radius 3 is 2.74 bits per heavy atom. The molecule has 0 fully saturated rings. The quantitative estimate of drug-likeness (QED) is 0.503. The molecule has 31 heavy (non-hydrogen) atoms. The van der Waals surface area contributed by atoms with E-state index in [1.807, 2.05) is 39.0 Å². The molecule has 1 N–H and O–H groups in total. The molecule has 9 heteroatoms. The van der Waals surface area contributed by atoms with Crippen LogP contribution >= 0.6 is 11.6 Å². The van der Waals surface area contributed by atoms with Crippen molar-refractivity contribution >= 4 is 17.5 Å². The summed E-state index contributed by atoms with van der Waals surface area (Å²) in [6.45, 7) is 6.36. The maximum absolute atomic E-state index is 12.5. The van der Waals surface area contributed by atoms with Gasteiger partial charge in [-0.2, -0.15) is 4.98 Å². The van der Waals surface area contributed by atoms with E-state index in [1.165, 1.54) is 6.33 Å². The molecule has 0 unspecified atom stereocenters. The number of imidazole rings is 1. The standard InChI is InChI=1S/C22H21ClN6O2/c1-22(2,3)21-27-20(31-28-21)14-8-9-24-18(10-14)29-12-17(26-13-29)19(30)25-11-15-6-4-5-7-16(15)23/h4-10,12-13H,11H2,1-3H3,(H,25,30). The van der Waals surface area contributed by atoms with Crippen molar-refractivity contribution in [2.24, 2.45) is 0 Å². The first kappa shape index (κ1) is 20.7. The lowest BCUT2D eigenvalue weighted by molar-refractivity contribution is 0.0946. The lowest BCUT2D eigenvalue weighted by atomic mass is 9.96. The van der Waals surface area contributed by atoms with Gasteiger partial charge in [-0.25, -0.2) is 9.97 Å². The monoisotopic (exact) mass is 436 g/mol. The Bertz CT molecular complexity index is 1220. The molecule has 0 spiro atoms. The van der Waals surface area contributed by atoms with E-state index >= 15 is 0 Å². The van der Waals surface area contributed by atoms with Crippen molar-refractivity contribution in [3.8, 4) is 17.3 Å². The Morgan fingerprint density at radius 1 is 1.19 bits per heavy atom. The highest BCUT2D eigenvalue weighted by atomic mass is 35.5. The molecular formula is C22H21ClN6O2. The summed E-state index contributed by atoms with van der Waals surface area (Å²) in [5.41, 5.74) is 1.62. The van der Waals surface area contributed by atoms with E-state index < -0.39 is 0 Å². The summed E-state index contributed by atoms with van der Waals surface area (Å²) in [5.74, 6) is 1.31. The number of amides is 1. The van der Waals surface area contributed by atoms with Gasteiger partial charge in [0.2, 0.25) is 0 Å². The predicted octanol–water partition coefficient (Wildman–Crippen LogP) is 4.20. The number of aromatic nitrogens is 5. The molecule has 0 aliphatic carbocycles. The Balaban J connectivity index is 1.50. The van der Waals surface area contributed by atoms with Gasteiger partial charge in [0.1, 0.15) is 17.8 Å². The van der Waals surface area contributed by atoms with Crippen LogP contribution in [-0.2, 0) is 12.0 Å². The van der Waals surface area contributed by atoms with Gasteiger partial charge in [0.15, 0.2) is 5.82 Å². The number of carbonyl (C=O) groups excluding carboxylic acids is 1. The first-order valence-corrected chi connectivity index (χ1v) is 10.1. The molecular weight excluding hydrogens is 416 g/mol. The lowest BCUT2D eigenvalue weighted by Gasteiger charge is -2.10. The Kier molecular flexibility index (Phi) is 5.56. The molecule has 1 amide bonds. The van der Waals surface area contributed by atoms with Crippen LogP contribution in [-0.4, -0.2) is 30.6 Å². The molecule has 0 saturated carbocycles. The van der Waals surface area contributed by atoms with Gasteiger partial charge in [0.05, 0.1) is 0 Å². The van der Waals surface area contributed by atoms with E-state index in [2.05, 4.69) is 25.4 Å². The summed E-state index contributed by atoms with van der Waals surface area (Å²) in [6.07, 6.45) is 4.79. The number of nitrogens with one attached hydrogen (secondary N) is 1. The predicted molar refractivity (Wildman–Crippen MR) is 116 cm³/mol. The number of hydrogen-bond donors (Lipinski definition) is 1. The zero-order valence-corrected chi connectivity index (χ0v) is 18.1. The van der Waals surface area contributed by atoms with Crippen molar-refractivity contribution in [2.45, 2.75) is 32.7 Å². The molecule has 0 atom stereocenters. The average molecular weight is 437 g/mol. The topological polar surface area (TPSA) is 98.7 Å². The van der Waals surface area contributed by atoms with Gasteiger partial charge in [0, 0.05) is 34.9 Å². The minimum atomic E-state index is -0.304. The first-order chi connectivity index (χ1) is 14.8. The molecule has 3 heterocycles. The number of halogens is 1. The second kappa shape index (κ2) is 8.31. The maximum atomic E-state index is 12.5. The van der Waals surface area contributed by atoms with Gasteiger partial charge in [-0.3, -0.25) is 9.36 Å². The molecule has 0 aliphatic heterocycles. The smallest absolute Gasteiger partial charge is 0.271 e. The van der Waals surface area contributed by atoms with Crippen LogP contribution in [0.2, 0.25) is 5.02 Å². The van der Waals surface area contributed by atoms with Crippen molar-refractivity contribution in [3.63, 3.8) is 0 Å². The van der Waals surface area contributed by atoms with Crippen LogP contribution in [0, 0.1) is 0 Å². The highest BCUT2D eigenvalue weighted by Crippen LogP contribution is 2.24. The summed E-state index contributed by atoms with van der Waals surface area (Å²) in [4.78, 5) is 25.5. The fourth-order valence-corrected chi connectivity index (χ4v) is 3.01. The molecule has 8 nitrogen and oxygen atoms in total. The van der Waals surface area contributed by atoms with Gasteiger partial charge < -0.3 is 9.84 Å². The van der Waals surface area contributed by atoms with Crippen LogP contribution in [0.4, 0.5) is 0 Å². The first-order valence-electron chi connectivity index (χ1n) is 9.68. The highest BCUT2D eigenvalue weighted by Gasteiger charge is 2.21. The minimum Gasteiger partial charge on any atom is -0.347 e. The normalized spacial score (nSPS) is 11.5. The van der Waals surface area contributed by atoms with Crippen molar-refractivity contribution in [3.05, 3.63) is 77.2 Å². The lowest BCUT2D eigenvalue weighted by Crippen LogP contribution is -2.23. The molecule has 0 saturated heterocycles. The van der Waals surface area contributed by atoms with Crippen molar-refractivity contribution < 1.29 is 9.32 Å². The van der Waals surface area contributed by atoms with Gasteiger partial charge >= 0.3 is 0 Å². The van der Waals surface area contributed by atoms with Crippen LogP contribution in [0.15, 0.2) is 59.6 Å². The Hall–Kier alpha value is -3.52. The number of benzene rings is 1. The number of pyridine rings is 1. The molecule has 0 radical (unpaired) electrons. The van der Waals surface area contributed by atoms with E-state index in [-0.39, 0.29) is 17.0 Å². The van der Waals surface area contributed by atoms with Gasteiger partial charge in [0.25, 0.3) is 11.8 Å². The molecule has 1 aromatic carbocycles. The molecule has 4 rings (SSSR count). The summed E-state index contributed by atoms with van der Waals surface area (Å²) in [5, 5.41) is 7.48. The second-order valence-corrected chi connectivity index (χ2v) is 8.42. The largest absolute Gasteiger partial charge is 0.347 e. The number of carbonyl (C=O) groups is 1. The van der Waals surface area contributed by atoms with Crippen molar-refractivity contribution in [1.29, 1.82) is 0 Å². The van der Waals surface area contributed by atoms with E-state index in [0.717, 1.165) is 11.1 Å². The zero-order valence-electron chi connectivity index (χ0n) is 17.3. The van der Waals surface area contributed by atoms with Crippen LogP contribution in [0.3, 0.4) is 0 Å². The zero-order chi connectivity index (χ0) is 22.0. The fourth-order valence-electron chi connectivity index (χ4n) is 2.81. The molecule has 4 aromatic rings. The second-order valence-electron chi connectivity index (χ2n) is 8.02. The van der Waals surface area contributed by atoms with Gasteiger partial charge in [-0.05, 0) is 23.8 Å². The van der Waals surface area contributed by atoms with Crippen LogP contribution in [0.5, 0.6) is 0 Å². The summed E-state index contributed by atoms with van der Waals surface area (Å²) in [6, 6.07) is 10.9. The third-order valence-electron chi connectivity index (χ3n) is 4.57. The average Bonchev–Trinajstić information content (AvgIpc) is 3.43. The third kappa shape index (κ3) is 4.64. The summed E-state index contributed by atoms with van der Waals surface area (Å²) >= 11 is 6.13. The third-order valence-corrected chi connectivity index (χ3v) is 4.94. The highest BCUT2D eigenvalue weighted by molar-refractivity contribution is 6.31. The Morgan fingerprint density at radius 2 is 2.00 bits per heavy atom. The van der Waals surface area contributed by atoms with Crippen LogP contribution in [0.25, 0.3) is 17.3 Å².